The summed E-state index contributed by atoms with van der Waals surface area (Å²) in [6.07, 6.45) is 2.39. The van der Waals surface area contributed by atoms with Crippen molar-refractivity contribution in [2.45, 2.75) is 31.9 Å². The molecule has 2 rings (SSSR count). The Kier molecular flexibility index (Phi) is 4.59. The maximum atomic E-state index is 5.61. The molecule has 1 saturated heterocycles. The van der Waals surface area contributed by atoms with Gasteiger partial charge in [0, 0.05) is 28.4 Å². The normalized spacial score (nSPS) is 23.7. The topological polar surface area (TPSA) is 47.3 Å². The minimum absolute atomic E-state index is 0.325. The molecule has 0 aromatic heterocycles. The molecule has 18 heavy (non-hydrogen) atoms. The lowest BCUT2D eigenvalue weighted by molar-refractivity contribution is 0.0232. The van der Waals surface area contributed by atoms with E-state index in [-0.39, 0.29) is 0 Å². The van der Waals surface area contributed by atoms with Crippen LogP contribution in [0.4, 0.5) is 5.69 Å². The number of hydrogen-bond donors (Lipinski definition) is 2. The van der Waals surface area contributed by atoms with Crippen molar-refractivity contribution in [1.82, 2.24) is 0 Å². The van der Waals surface area contributed by atoms with Gasteiger partial charge in [-0.25, -0.2) is 0 Å². The predicted molar refractivity (Wildman–Crippen MR) is 82.1 cm³/mol. The van der Waals surface area contributed by atoms with Gasteiger partial charge in [-0.05, 0) is 53.9 Å². The van der Waals surface area contributed by atoms with Crippen LogP contribution >= 0.6 is 28.1 Å². The molecule has 1 fully saturated rings. The quantitative estimate of drug-likeness (QED) is 0.837. The second-order valence-corrected chi connectivity index (χ2v) is 5.90. The summed E-state index contributed by atoms with van der Waals surface area (Å²) >= 11 is 8.51. The van der Waals surface area contributed by atoms with Gasteiger partial charge in [0.2, 0.25) is 0 Å². The third-order valence-corrected chi connectivity index (χ3v) is 3.99. The van der Waals surface area contributed by atoms with Crippen molar-refractivity contribution >= 4 is 38.8 Å². The Morgan fingerprint density at radius 1 is 1.56 bits per heavy atom. The molecule has 1 aromatic rings. The fourth-order valence-electron chi connectivity index (χ4n) is 2.13. The monoisotopic (exact) mass is 328 g/mol. The molecule has 0 radical (unpaired) electrons. The van der Waals surface area contributed by atoms with Gasteiger partial charge >= 0.3 is 0 Å². The Labute approximate surface area is 121 Å². The van der Waals surface area contributed by atoms with Crippen molar-refractivity contribution in [2.75, 3.05) is 11.9 Å². The second kappa shape index (κ2) is 5.99. The summed E-state index contributed by atoms with van der Waals surface area (Å²) in [6.45, 7) is 2.93. The van der Waals surface area contributed by atoms with E-state index in [1.54, 1.807) is 0 Å². The van der Waals surface area contributed by atoms with Gasteiger partial charge in [-0.15, -0.1) is 0 Å². The van der Waals surface area contributed by atoms with Crippen molar-refractivity contribution < 1.29 is 4.74 Å². The van der Waals surface area contributed by atoms with Crippen LogP contribution in [0.5, 0.6) is 0 Å². The van der Waals surface area contributed by atoms with E-state index in [1.807, 2.05) is 18.2 Å². The van der Waals surface area contributed by atoms with Gasteiger partial charge in [0.15, 0.2) is 0 Å². The zero-order valence-corrected chi connectivity index (χ0v) is 12.7. The van der Waals surface area contributed by atoms with Crippen LogP contribution in [-0.4, -0.2) is 23.7 Å². The maximum absolute atomic E-state index is 5.61. The molecule has 1 heterocycles. The van der Waals surface area contributed by atoms with Gasteiger partial charge in [-0.3, -0.25) is 0 Å². The Morgan fingerprint density at radius 3 is 2.94 bits per heavy atom. The fraction of sp³-hybridized carbons (Fsp3) is 0.462. The highest BCUT2D eigenvalue weighted by Gasteiger charge is 2.19. The molecule has 3 nitrogen and oxygen atoms in total. The smallest absolute Gasteiger partial charge is 0.104 e. The third kappa shape index (κ3) is 3.43. The number of rotatable bonds is 3. The lowest BCUT2D eigenvalue weighted by Gasteiger charge is -2.29. The van der Waals surface area contributed by atoms with Crippen LogP contribution in [0.15, 0.2) is 22.7 Å². The van der Waals surface area contributed by atoms with E-state index in [2.05, 4.69) is 28.2 Å². The van der Waals surface area contributed by atoms with Crippen LogP contribution < -0.4 is 11.1 Å². The van der Waals surface area contributed by atoms with E-state index < -0.39 is 0 Å². The standard InChI is InChI=1S/C13H17BrN2OS/c1-8-6-10(4-5-17-8)16-12-3-2-9(13(15)18)7-11(12)14/h2-3,7-8,10,16H,4-6H2,1H3,(H2,15,18). The van der Waals surface area contributed by atoms with Gasteiger partial charge in [0.1, 0.15) is 4.99 Å². The molecule has 1 aliphatic heterocycles. The zero-order valence-electron chi connectivity index (χ0n) is 10.3. The average Bonchev–Trinajstić information content (AvgIpc) is 2.31. The lowest BCUT2D eigenvalue weighted by Crippen LogP contribution is -2.32. The van der Waals surface area contributed by atoms with Gasteiger partial charge in [0.05, 0.1) is 6.10 Å². The summed E-state index contributed by atoms with van der Waals surface area (Å²) < 4.78 is 6.53. The Bertz CT molecular complexity index is 453. The Balaban J connectivity index is 2.07. The number of halogens is 1. The molecule has 0 spiro atoms. The van der Waals surface area contributed by atoms with Gasteiger partial charge in [-0.1, -0.05) is 12.2 Å². The SMILES string of the molecule is CC1CC(Nc2ccc(C(N)=S)cc2Br)CCO1. The number of anilines is 1. The minimum atomic E-state index is 0.325. The summed E-state index contributed by atoms with van der Waals surface area (Å²) in [5.41, 5.74) is 7.56. The number of nitrogens with two attached hydrogens (primary N) is 1. The highest BCUT2D eigenvalue weighted by molar-refractivity contribution is 9.10. The maximum Gasteiger partial charge on any atom is 0.104 e. The predicted octanol–water partition coefficient (Wildman–Crippen LogP) is 3.06. The highest BCUT2D eigenvalue weighted by atomic mass is 79.9. The molecular weight excluding hydrogens is 312 g/mol. The van der Waals surface area contributed by atoms with Crippen LogP contribution in [0.25, 0.3) is 0 Å². The van der Waals surface area contributed by atoms with Crippen molar-refractivity contribution in [3.8, 4) is 0 Å². The third-order valence-electron chi connectivity index (χ3n) is 3.10. The largest absolute Gasteiger partial charge is 0.389 e. The highest BCUT2D eigenvalue weighted by Crippen LogP contribution is 2.26. The van der Waals surface area contributed by atoms with Crippen LogP contribution in [-0.2, 0) is 4.74 Å². The first-order valence-electron chi connectivity index (χ1n) is 6.03. The number of nitrogens with one attached hydrogen (secondary N) is 1. The molecule has 1 aliphatic rings. The molecule has 0 saturated carbocycles. The second-order valence-electron chi connectivity index (χ2n) is 4.61. The summed E-state index contributed by atoms with van der Waals surface area (Å²) in [5, 5.41) is 3.53. The number of hydrogen-bond acceptors (Lipinski definition) is 3. The number of thiocarbonyl (C=S) groups is 1. The van der Waals surface area contributed by atoms with Crippen LogP contribution in [0.2, 0.25) is 0 Å². The fourth-order valence-corrected chi connectivity index (χ4v) is 2.75. The molecule has 2 unspecified atom stereocenters. The molecular formula is C13H17BrN2OS. The van der Waals surface area contributed by atoms with E-state index in [0.717, 1.165) is 35.2 Å². The molecule has 0 aliphatic carbocycles. The first-order valence-corrected chi connectivity index (χ1v) is 7.24. The average molecular weight is 329 g/mol. The van der Waals surface area contributed by atoms with Gasteiger partial charge in [0.25, 0.3) is 0 Å². The van der Waals surface area contributed by atoms with E-state index in [0.29, 0.717) is 17.1 Å². The van der Waals surface area contributed by atoms with Crippen LogP contribution in [0.1, 0.15) is 25.3 Å². The number of ether oxygens (including phenoxy) is 1. The molecule has 1 aromatic carbocycles. The van der Waals surface area contributed by atoms with Gasteiger partial charge in [-0.2, -0.15) is 0 Å². The van der Waals surface area contributed by atoms with Gasteiger partial charge < -0.3 is 15.8 Å². The Hall–Kier alpha value is -0.650. The van der Waals surface area contributed by atoms with Crippen molar-refractivity contribution in [3.05, 3.63) is 28.2 Å². The van der Waals surface area contributed by atoms with E-state index in [4.69, 9.17) is 22.7 Å². The first-order chi connectivity index (χ1) is 8.56. The Morgan fingerprint density at radius 2 is 2.33 bits per heavy atom. The molecule has 98 valence electrons. The first kappa shape index (κ1) is 13.8. The molecule has 3 N–H and O–H groups in total. The number of benzene rings is 1. The summed E-state index contributed by atoms with van der Waals surface area (Å²) in [4.78, 5) is 0.418. The summed E-state index contributed by atoms with van der Waals surface area (Å²) in [5.74, 6) is 0. The zero-order chi connectivity index (χ0) is 13.1. The molecule has 0 bridgehead atoms. The molecule has 2 atom stereocenters. The molecule has 0 amide bonds. The van der Waals surface area contributed by atoms with E-state index in [9.17, 15) is 0 Å². The van der Waals surface area contributed by atoms with Crippen LogP contribution in [0.3, 0.4) is 0 Å². The molecule has 5 heteroatoms. The summed E-state index contributed by atoms with van der Waals surface area (Å²) in [6, 6.07) is 6.37. The van der Waals surface area contributed by atoms with E-state index >= 15 is 0 Å². The summed E-state index contributed by atoms with van der Waals surface area (Å²) in [7, 11) is 0. The van der Waals surface area contributed by atoms with E-state index in [1.165, 1.54) is 0 Å². The minimum Gasteiger partial charge on any atom is -0.389 e. The van der Waals surface area contributed by atoms with Crippen molar-refractivity contribution in [3.63, 3.8) is 0 Å². The van der Waals surface area contributed by atoms with Crippen molar-refractivity contribution in [1.29, 1.82) is 0 Å². The van der Waals surface area contributed by atoms with Crippen molar-refractivity contribution in [2.24, 2.45) is 5.73 Å². The van der Waals surface area contributed by atoms with Crippen LogP contribution in [0, 0.1) is 0 Å². The lowest BCUT2D eigenvalue weighted by atomic mass is 10.0.